The van der Waals surface area contributed by atoms with Crippen LogP contribution < -0.4 is 0 Å². The van der Waals surface area contributed by atoms with E-state index in [2.05, 4.69) is 0 Å². The largest absolute Gasteiger partial charge is 0.304 e. The number of piperazine rings is 1. The highest BCUT2D eigenvalue weighted by molar-refractivity contribution is 7.89. The second kappa shape index (κ2) is 5.24. The van der Waals surface area contributed by atoms with Gasteiger partial charge in [-0.25, -0.2) is 8.42 Å². The van der Waals surface area contributed by atoms with E-state index in [0.717, 1.165) is 0 Å². The fourth-order valence-electron chi connectivity index (χ4n) is 1.99. The maximum Gasteiger partial charge on any atom is 0.289 e. The topological polar surface area (TPSA) is 83.8 Å². The highest BCUT2D eigenvalue weighted by atomic mass is 32.2. The zero-order valence-electron chi connectivity index (χ0n) is 10.5. The molecule has 19 heavy (non-hydrogen) atoms. The van der Waals surface area contributed by atoms with E-state index >= 15 is 0 Å². The van der Waals surface area contributed by atoms with Crippen molar-refractivity contribution in [2.75, 3.05) is 33.2 Å². The lowest BCUT2D eigenvalue weighted by Gasteiger charge is -2.31. The van der Waals surface area contributed by atoms with Gasteiger partial charge in [0.05, 0.1) is 4.92 Å². The number of hydrogen-bond donors (Lipinski definition) is 0. The lowest BCUT2D eigenvalue weighted by molar-refractivity contribution is -0.387. The van der Waals surface area contributed by atoms with Crippen molar-refractivity contribution >= 4 is 15.7 Å². The van der Waals surface area contributed by atoms with Crippen LogP contribution in [0.5, 0.6) is 0 Å². The van der Waals surface area contributed by atoms with Gasteiger partial charge >= 0.3 is 0 Å². The van der Waals surface area contributed by atoms with Crippen LogP contribution in [-0.4, -0.2) is 55.8 Å². The Kier molecular flexibility index (Phi) is 3.83. The van der Waals surface area contributed by atoms with Crippen LogP contribution in [0.15, 0.2) is 29.2 Å². The van der Waals surface area contributed by atoms with Crippen molar-refractivity contribution in [2.24, 2.45) is 0 Å². The van der Waals surface area contributed by atoms with Crippen molar-refractivity contribution in [1.82, 2.24) is 9.21 Å². The molecule has 0 amide bonds. The molecule has 1 aromatic carbocycles. The van der Waals surface area contributed by atoms with Crippen molar-refractivity contribution in [3.8, 4) is 0 Å². The molecule has 1 fully saturated rings. The average Bonchev–Trinajstić information content (AvgIpc) is 2.39. The van der Waals surface area contributed by atoms with E-state index in [-0.39, 0.29) is 10.6 Å². The fourth-order valence-corrected chi connectivity index (χ4v) is 3.57. The van der Waals surface area contributed by atoms with Crippen LogP contribution in [0.2, 0.25) is 0 Å². The molecule has 104 valence electrons. The first-order valence-corrected chi connectivity index (χ1v) is 7.29. The first kappa shape index (κ1) is 13.9. The van der Waals surface area contributed by atoms with Crippen LogP contribution in [0.25, 0.3) is 0 Å². The monoisotopic (exact) mass is 285 g/mol. The smallest absolute Gasteiger partial charge is 0.289 e. The summed E-state index contributed by atoms with van der Waals surface area (Å²) in [6, 6.07) is 5.45. The third-order valence-electron chi connectivity index (χ3n) is 3.14. The molecule has 0 unspecified atom stereocenters. The molecule has 0 bridgehead atoms. The number of hydrogen-bond acceptors (Lipinski definition) is 5. The van der Waals surface area contributed by atoms with Gasteiger partial charge in [0.2, 0.25) is 10.0 Å². The minimum absolute atomic E-state index is 0.232. The second-order valence-corrected chi connectivity index (χ2v) is 6.34. The third kappa shape index (κ3) is 2.75. The van der Waals surface area contributed by atoms with E-state index in [1.165, 1.54) is 28.6 Å². The minimum atomic E-state index is -3.80. The van der Waals surface area contributed by atoms with Crippen LogP contribution in [0.3, 0.4) is 0 Å². The van der Waals surface area contributed by atoms with Gasteiger partial charge in [0, 0.05) is 32.2 Å². The number of nitro groups is 1. The van der Waals surface area contributed by atoms with E-state index in [9.17, 15) is 18.5 Å². The van der Waals surface area contributed by atoms with Gasteiger partial charge in [-0.15, -0.1) is 0 Å². The number of para-hydroxylation sites is 1. The van der Waals surface area contributed by atoms with Crippen molar-refractivity contribution < 1.29 is 13.3 Å². The molecule has 1 aliphatic heterocycles. The highest BCUT2D eigenvalue weighted by Gasteiger charge is 2.32. The average molecular weight is 285 g/mol. The van der Waals surface area contributed by atoms with Crippen LogP contribution in [-0.2, 0) is 10.0 Å². The van der Waals surface area contributed by atoms with Gasteiger partial charge in [0.15, 0.2) is 4.90 Å². The predicted octanol–water partition coefficient (Wildman–Crippen LogP) is 0.531. The van der Waals surface area contributed by atoms with E-state index < -0.39 is 14.9 Å². The Labute approximate surface area is 111 Å². The maximum atomic E-state index is 12.4. The van der Waals surface area contributed by atoms with Gasteiger partial charge in [0.25, 0.3) is 5.69 Å². The van der Waals surface area contributed by atoms with Crippen LogP contribution in [0.4, 0.5) is 5.69 Å². The number of benzene rings is 1. The predicted molar refractivity (Wildman–Crippen MR) is 69.4 cm³/mol. The fraction of sp³-hybridized carbons (Fsp3) is 0.455. The molecule has 2 rings (SSSR count). The molecule has 0 spiro atoms. The highest BCUT2D eigenvalue weighted by Crippen LogP contribution is 2.26. The number of sulfonamides is 1. The van der Waals surface area contributed by atoms with Crippen molar-refractivity contribution in [2.45, 2.75) is 4.90 Å². The summed E-state index contributed by atoms with van der Waals surface area (Å²) in [7, 11) is -1.88. The van der Waals surface area contributed by atoms with Gasteiger partial charge in [-0.1, -0.05) is 12.1 Å². The summed E-state index contributed by atoms with van der Waals surface area (Å²) < 4.78 is 26.1. The standard InChI is InChI=1S/C11H15N3O4S/c1-12-6-8-13(9-7-12)19(17,18)11-5-3-2-4-10(11)14(15)16/h2-5H,6-9H2,1H3. The second-order valence-electron chi connectivity index (χ2n) is 4.43. The number of nitrogens with zero attached hydrogens (tertiary/aromatic N) is 3. The SMILES string of the molecule is CN1CCN(S(=O)(=O)c2ccccc2[N+](=O)[O-])CC1. The molecule has 0 N–H and O–H groups in total. The van der Waals surface area contributed by atoms with Gasteiger partial charge in [-0.05, 0) is 13.1 Å². The minimum Gasteiger partial charge on any atom is -0.304 e. The summed E-state index contributed by atoms with van der Waals surface area (Å²) in [5.74, 6) is 0. The molecule has 7 nitrogen and oxygen atoms in total. The summed E-state index contributed by atoms with van der Waals surface area (Å²) in [4.78, 5) is 12.0. The van der Waals surface area contributed by atoms with Crippen LogP contribution in [0.1, 0.15) is 0 Å². The molecule has 0 atom stereocenters. The van der Waals surface area contributed by atoms with E-state index in [0.29, 0.717) is 26.2 Å². The Balaban J connectivity index is 2.37. The summed E-state index contributed by atoms with van der Waals surface area (Å²) in [6.45, 7) is 1.95. The maximum absolute atomic E-state index is 12.4. The zero-order chi connectivity index (χ0) is 14.0. The lowest BCUT2D eigenvalue weighted by atomic mass is 10.3. The Morgan fingerprint density at radius 1 is 1.16 bits per heavy atom. The summed E-state index contributed by atoms with van der Waals surface area (Å²) in [6.07, 6.45) is 0. The molecule has 8 heteroatoms. The van der Waals surface area contributed by atoms with Gasteiger partial charge in [-0.2, -0.15) is 4.31 Å². The molecule has 1 aromatic rings. The molecular weight excluding hydrogens is 270 g/mol. The van der Waals surface area contributed by atoms with Gasteiger partial charge in [-0.3, -0.25) is 10.1 Å². The van der Waals surface area contributed by atoms with Gasteiger partial charge in [0.1, 0.15) is 0 Å². The van der Waals surface area contributed by atoms with Crippen LogP contribution >= 0.6 is 0 Å². The van der Waals surface area contributed by atoms with E-state index in [1.807, 2.05) is 11.9 Å². The van der Waals surface area contributed by atoms with Gasteiger partial charge < -0.3 is 4.90 Å². The van der Waals surface area contributed by atoms with Crippen molar-refractivity contribution in [3.05, 3.63) is 34.4 Å². The molecule has 1 aliphatic rings. The number of nitro benzene ring substituents is 1. The Morgan fingerprint density at radius 2 is 1.74 bits per heavy atom. The van der Waals surface area contributed by atoms with Crippen molar-refractivity contribution in [1.29, 1.82) is 0 Å². The van der Waals surface area contributed by atoms with Crippen molar-refractivity contribution in [3.63, 3.8) is 0 Å². The first-order chi connectivity index (χ1) is 8.93. The third-order valence-corrected chi connectivity index (χ3v) is 5.09. The van der Waals surface area contributed by atoms with Crippen LogP contribution in [0, 0.1) is 10.1 Å². The lowest BCUT2D eigenvalue weighted by Crippen LogP contribution is -2.47. The number of likely N-dealkylation sites (N-methyl/N-ethyl adjacent to an activating group) is 1. The molecule has 0 aliphatic carbocycles. The van der Waals surface area contributed by atoms with E-state index in [4.69, 9.17) is 0 Å². The first-order valence-electron chi connectivity index (χ1n) is 5.85. The Bertz CT molecular complexity index is 579. The molecular formula is C11H15N3O4S. The molecule has 0 aromatic heterocycles. The molecule has 0 saturated carbocycles. The number of rotatable bonds is 3. The Hall–Kier alpha value is -1.51. The summed E-state index contributed by atoms with van der Waals surface area (Å²) in [5, 5.41) is 10.9. The van der Waals surface area contributed by atoms with E-state index in [1.54, 1.807) is 0 Å². The quantitative estimate of drug-likeness (QED) is 0.597. The summed E-state index contributed by atoms with van der Waals surface area (Å²) >= 11 is 0. The summed E-state index contributed by atoms with van der Waals surface area (Å²) in [5.41, 5.74) is -0.374. The normalized spacial score (nSPS) is 18.4. The molecule has 0 radical (unpaired) electrons. The molecule has 1 heterocycles. The molecule has 1 saturated heterocycles. The Morgan fingerprint density at radius 3 is 2.32 bits per heavy atom. The zero-order valence-corrected chi connectivity index (χ0v) is 11.3.